The van der Waals surface area contributed by atoms with Gasteiger partial charge < -0.3 is 10.6 Å². The van der Waals surface area contributed by atoms with Crippen LogP contribution in [0.1, 0.15) is 39.0 Å². The van der Waals surface area contributed by atoms with E-state index in [1.165, 1.54) is 0 Å². The van der Waals surface area contributed by atoms with Crippen LogP contribution in [0.25, 0.3) is 0 Å². The van der Waals surface area contributed by atoms with E-state index in [1.54, 1.807) is 4.90 Å². The lowest BCUT2D eigenvalue weighted by molar-refractivity contribution is -0.121. The summed E-state index contributed by atoms with van der Waals surface area (Å²) in [5, 5.41) is 5.82. The second-order valence-corrected chi connectivity index (χ2v) is 6.44. The molecule has 5 heteroatoms. The van der Waals surface area contributed by atoms with E-state index < -0.39 is 0 Å². The molecule has 2 aromatic rings. The molecule has 2 rings (SSSR count). The lowest BCUT2D eigenvalue weighted by atomic mass is 10.1. The highest BCUT2D eigenvalue weighted by Gasteiger charge is 2.15. The summed E-state index contributed by atoms with van der Waals surface area (Å²) in [6.45, 7) is 2.98. The Bertz CT molecular complexity index is 689. The van der Waals surface area contributed by atoms with Crippen LogP contribution in [0, 0.1) is 0 Å². The van der Waals surface area contributed by atoms with Crippen LogP contribution in [0.5, 0.6) is 0 Å². The number of hydrogen-bond donors (Lipinski definition) is 2. The quantitative estimate of drug-likeness (QED) is 0.592. The molecule has 0 heterocycles. The maximum atomic E-state index is 12.7. The molecular weight excluding hydrogens is 338 g/mol. The fourth-order valence-electron chi connectivity index (χ4n) is 2.78. The lowest BCUT2D eigenvalue weighted by Crippen LogP contribution is -2.41. The predicted molar refractivity (Wildman–Crippen MR) is 111 cm³/mol. The highest BCUT2D eigenvalue weighted by molar-refractivity contribution is 6.01. The number of amides is 3. The van der Waals surface area contributed by atoms with Crippen molar-refractivity contribution in [3.8, 4) is 0 Å². The monoisotopic (exact) mass is 367 g/mol. The van der Waals surface area contributed by atoms with Gasteiger partial charge in [0.05, 0.1) is 0 Å². The number of unbranched alkanes of at least 4 members (excludes halogenated alkanes) is 3. The molecule has 144 valence electrons. The molecule has 0 fully saturated rings. The van der Waals surface area contributed by atoms with E-state index in [0.29, 0.717) is 19.5 Å². The molecule has 0 aromatic heterocycles. The molecule has 0 atom stereocenters. The van der Waals surface area contributed by atoms with Crippen molar-refractivity contribution in [2.45, 2.75) is 39.0 Å². The lowest BCUT2D eigenvalue weighted by Gasteiger charge is -2.23. The number of anilines is 2. The number of urea groups is 1. The predicted octanol–water partition coefficient (Wildman–Crippen LogP) is 4.81. The van der Waals surface area contributed by atoms with Gasteiger partial charge in [-0.25, -0.2) is 4.79 Å². The van der Waals surface area contributed by atoms with Crippen LogP contribution in [-0.2, 0) is 4.79 Å². The smallest absolute Gasteiger partial charge is 0.326 e. The Hall–Kier alpha value is -2.82. The van der Waals surface area contributed by atoms with Crippen molar-refractivity contribution in [3.63, 3.8) is 0 Å². The van der Waals surface area contributed by atoms with E-state index in [2.05, 4.69) is 17.6 Å². The van der Waals surface area contributed by atoms with Crippen molar-refractivity contribution in [2.24, 2.45) is 0 Å². The molecule has 0 radical (unpaired) electrons. The number of benzene rings is 2. The van der Waals surface area contributed by atoms with Gasteiger partial charge in [-0.1, -0.05) is 62.6 Å². The zero-order chi connectivity index (χ0) is 19.3. The summed E-state index contributed by atoms with van der Waals surface area (Å²) < 4.78 is 0. The number of nitrogens with one attached hydrogen (secondary N) is 2. The molecule has 0 bridgehead atoms. The zero-order valence-corrected chi connectivity index (χ0v) is 16.0. The molecule has 0 saturated heterocycles. The molecule has 3 amide bonds. The second kappa shape index (κ2) is 11.7. The maximum absolute atomic E-state index is 12.7. The summed E-state index contributed by atoms with van der Waals surface area (Å²) in [5.74, 6) is 0.0441. The number of nitrogens with zero attached hydrogens (tertiary/aromatic N) is 1. The standard InChI is InChI=1S/C22H29N3O2/c1-2-3-4-11-16-21(26)23-17-18-25(20-14-9-6-10-15-20)22(27)24-19-12-7-5-8-13-19/h5-10,12-15H,2-4,11,16-18H2,1H3,(H,23,26)(H,24,27). The van der Waals surface area contributed by atoms with Crippen LogP contribution in [-0.4, -0.2) is 25.0 Å². The van der Waals surface area contributed by atoms with E-state index in [0.717, 1.165) is 37.1 Å². The van der Waals surface area contributed by atoms with Gasteiger partial charge >= 0.3 is 6.03 Å². The van der Waals surface area contributed by atoms with Crippen LogP contribution < -0.4 is 15.5 Å². The molecule has 0 unspecified atom stereocenters. The van der Waals surface area contributed by atoms with Crippen molar-refractivity contribution in [1.82, 2.24) is 5.32 Å². The van der Waals surface area contributed by atoms with Crippen molar-refractivity contribution in [2.75, 3.05) is 23.3 Å². The minimum atomic E-state index is -0.218. The Morgan fingerprint density at radius 2 is 1.56 bits per heavy atom. The van der Waals surface area contributed by atoms with Crippen LogP contribution in [0.2, 0.25) is 0 Å². The third-order valence-electron chi connectivity index (χ3n) is 4.25. The fraction of sp³-hybridized carbons (Fsp3) is 0.364. The summed E-state index contributed by atoms with van der Waals surface area (Å²) in [7, 11) is 0. The molecule has 2 aromatic carbocycles. The van der Waals surface area contributed by atoms with E-state index >= 15 is 0 Å². The first-order valence-electron chi connectivity index (χ1n) is 9.66. The Morgan fingerprint density at radius 1 is 0.889 bits per heavy atom. The highest BCUT2D eigenvalue weighted by atomic mass is 16.2. The second-order valence-electron chi connectivity index (χ2n) is 6.44. The fourth-order valence-corrected chi connectivity index (χ4v) is 2.78. The van der Waals surface area contributed by atoms with Gasteiger partial charge in [0.25, 0.3) is 0 Å². The molecule has 0 aliphatic carbocycles. The van der Waals surface area contributed by atoms with Crippen molar-refractivity contribution < 1.29 is 9.59 Å². The van der Waals surface area contributed by atoms with E-state index in [-0.39, 0.29) is 11.9 Å². The van der Waals surface area contributed by atoms with Crippen LogP contribution >= 0.6 is 0 Å². The molecule has 0 saturated carbocycles. The van der Waals surface area contributed by atoms with E-state index in [4.69, 9.17) is 0 Å². The van der Waals surface area contributed by atoms with Crippen LogP contribution in [0.4, 0.5) is 16.2 Å². The Kier molecular flexibility index (Phi) is 8.90. The first kappa shape index (κ1) is 20.5. The first-order valence-corrected chi connectivity index (χ1v) is 9.66. The summed E-state index contributed by atoms with van der Waals surface area (Å²) in [5.41, 5.74) is 1.53. The molecule has 0 spiro atoms. The zero-order valence-electron chi connectivity index (χ0n) is 16.0. The molecule has 27 heavy (non-hydrogen) atoms. The van der Waals surface area contributed by atoms with Gasteiger partial charge in [0.1, 0.15) is 0 Å². The molecule has 5 nitrogen and oxygen atoms in total. The summed E-state index contributed by atoms with van der Waals surface area (Å²) >= 11 is 0. The molecule has 0 aliphatic heterocycles. The summed E-state index contributed by atoms with van der Waals surface area (Å²) in [6.07, 6.45) is 4.86. The maximum Gasteiger partial charge on any atom is 0.326 e. The van der Waals surface area contributed by atoms with Gasteiger partial charge in [0.15, 0.2) is 0 Å². The highest BCUT2D eigenvalue weighted by Crippen LogP contribution is 2.15. The van der Waals surface area contributed by atoms with Crippen molar-refractivity contribution in [3.05, 3.63) is 60.7 Å². The number of rotatable bonds is 10. The van der Waals surface area contributed by atoms with E-state index in [1.807, 2.05) is 60.7 Å². The minimum Gasteiger partial charge on any atom is -0.354 e. The number of carbonyl (C=O) groups excluding carboxylic acids is 2. The van der Waals surface area contributed by atoms with Gasteiger partial charge in [-0.05, 0) is 30.7 Å². The minimum absolute atomic E-state index is 0.0441. The van der Waals surface area contributed by atoms with Gasteiger partial charge in [0, 0.05) is 30.9 Å². The van der Waals surface area contributed by atoms with Crippen molar-refractivity contribution >= 4 is 23.3 Å². The van der Waals surface area contributed by atoms with Crippen LogP contribution in [0.3, 0.4) is 0 Å². The topological polar surface area (TPSA) is 61.4 Å². The average molecular weight is 367 g/mol. The average Bonchev–Trinajstić information content (AvgIpc) is 2.70. The number of carbonyl (C=O) groups is 2. The SMILES string of the molecule is CCCCCCC(=O)NCCN(C(=O)Nc1ccccc1)c1ccccc1. The molecular formula is C22H29N3O2. The third kappa shape index (κ3) is 7.52. The van der Waals surface area contributed by atoms with Gasteiger partial charge in [0.2, 0.25) is 5.91 Å². The third-order valence-corrected chi connectivity index (χ3v) is 4.25. The molecule has 0 aliphatic rings. The Balaban J connectivity index is 1.89. The van der Waals surface area contributed by atoms with Gasteiger partial charge in [-0.2, -0.15) is 0 Å². The summed E-state index contributed by atoms with van der Waals surface area (Å²) in [6, 6.07) is 18.6. The number of hydrogen-bond acceptors (Lipinski definition) is 2. The first-order chi connectivity index (χ1) is 13.2. The van der Waals surface area contributed by atoms with Gasteiger partial charge in [-0.15, -0.1) is 0 Å². The van der Waals surface area contributed by atoms with Crippen LogP contribution in [0.15, 0.2) is 60.7 Å². The largest absolute Gasteiger partial charge is 0.354 e. The Labute approximate surface area is 161 Å². The molecule has 2 N–H and O–H groups in total. The van der Waals surface area contributed by atoms with Gasteiger partial charge in [-0.3, -0.25) is 9.69 Å². The Morgan fingerprint density at radius 3 is 2.22 bits per heavy atom. The summed E-state index contributed by atoms with van der Waals surface area (Å²) in [4.78, 5) is 26.3. The normalized spacial score (nSPS) is 10.3. The van der Waals surface area contributed by atoms with E-state index in [9.17, 15) is 9.59 Å². The van der Waals surface area contributed by atoms with Crippen molar-refractivity contribution in [1.29, 1.82) is 0 Å². The number of para-hydroxylation sites is 2.